The lowest BCUT2D eigenvalue weighted by molar-refractivity contribution is -0.00883. The number of halogens is 2. The summed E-state index contributed by atoms with van der Waals surface area (Å²) in [6.07, 6.45) is 4.28. The Morgan fingerprint density at radius 1 is 1.17 bits per heavy atom. The van der Waals surface area contributed by atoms with Gasteiger partial charge >= 0.3 is 0 Å². The van der Waals surface area contributed by atoms with Gasteiger partial charge in [-0.15, -0.1) is 0 Å². The lowest BCUT2D eigenvalue weighted by Gasteiger charge is -2.29. The van der Waals surface area contributed by atoms with Gasteiger partial charge in [0.15, 0.2) is 9.84 Å². The normalized spacial score (nSPS) is 19.6. The van der Waals surface area contributed by atoms with Gasteiger partial charge in [0.1, 0.15) is 25.0 Å². The largest absolute Gasteiger partial charge is 0.346 e. The average Bonchev–Trinajstić information content (AvgIpc) is 3.32. The second-order valence-electron chi connectivity index (χ2n) is 6.95. The number of rotatable bonds is 5. The van der Waals surface area contributed by atoms with Crippen LogP contribution in [0.1, 0.15) is 5.56 Å². The lowest BCUT2D eigenvalue weighted by atomic mass is 9.93. The van der Waals surface area contributed by atoms with E-state index in [1.807, 2.05) is 11.0 Å². The summed E-state index contributed by atoms with van der Waals surface area (Å²) in [6.45, 7) is 1.21. The van der Waals surface area contributed by atoms with Gasteiger partial charge in [-0.1, -0.05) is 29.3 Å². The minimum atomic E-state index is -3.25. The van der Waals surface area contributed by atoms with Gasteiger partial charge in [-0.25, -0.2) is 18.1 Å². The fourth-order valence-electron chi connectivity index (χ4n) is 3.45. The van der Waals surface area contributed by atoms with Crippen LogP contribution in [0.25, 0.3) is 0 Å². The van der Waals surface area contributed by atoms with Crippen molar-refractivity contribution in [1.29, 1.82) is 0 Å². The lowest BCUT2D eigenvalue weighted by Crippen LogP contribution is -2.37. The molecule has 2 heterocycles. The first-order valence-electron chi connectivity index (χ1n) is 8.74. The van der Waals surface area contributed by atoms with Crippen molar-refractivity contribution in [3.8, 4) is 0 Å². The number of benzene rings is 2. The van der Waals surface area contributed by atoms with Gasteiger partial charge in [0, 0.05) is 27.6 Å². The van der Waals surface area contributed by atoms with Crippen LogP contribution in [0, 0.1) is 0 Å². The van der Waals surface area contributed by atoms with E-state index >= 15 is 0 Å². The predicted molar refractivity (Wildman–Crippen MR) is 111 cm³/mol. The summed E-state index contributed by atoms with van der Waals surface area (Å²) in [4.78, 5) is 6.30. The SMILES string of the molecule is CS(=O)(=O)c1ccc(N2COC(Cn3cncn3)(c3ccc(Cl)cc3Cl)C2)cc1. The minimum Gasteiger partial charge on any atom is -0.346 e. The molecule has 1 aliphatic rings. The van der Waals surface area contributed by atoms with E-state index in [-0.39, 0.29) is 4.90 Å². The Hall–Kier alpha value is -2.13. The zero-order chi connectivity index (χ0) is 20.6. The van der Waals surface area contributed by atoms with Crippen molar-refractivity contribution in [3.63, 3.8) is 0 Å². The molecule has 152 valence electrons. The molecule has 1 atom stereocenters. The molecular weight excluding hydrogens is 435 g/mol. The third-order valence-corrected chi connectivity index (χ3v) is 6.56. The molecule has 3 aromatic rings. The molecule has 2 aromatic carbocycles. The van der Waals surface area contributed by atoms with Crippen LogP contribution in [-0.2, 0) is 26.7 Å². The number of nitrogens with zero attached hydrogens (tertiary/aromatic N) is 4. The molecule has 0 radical (unpaired) electrons. The number of ether oxygens (including phenoxy) is 1. The molecule has 0 spiro atoms. The smallest absolute Gasteiger partial charge is 0.175 e. The molecule has 1 unspecified atom stereocenters. The first-order valence-corrected chi connectivity index (χ1v) is 11.4. The summed E-state index contributed by atoms with van der Waals surface area (Å²) in [5.41, 5.74) is 0.877. The standard InChI is InChI=1S/C19H18Cl2N4O3S/c1-29(26,27)16-5-3-15(4-6-16)24-9-19(28-13-24,10-25-12-22-11-23-25)17-7-2-14(20)8-18(17)21/h2-8,11-12H,9-10,13H2,1H3. The molecule has 1 aliphatic heterocycles. The van der Waals surface area contributed by atoms with E-state index in [0.717, 1.165) is 11.3 Å². The second kappa shape index (κ2) is 7.60. The number of hydrogen-bond donors (Lipinski definition) is 0. The number of aromatic nitrogens is 3. The van der Waals surface area contributed by atoms with Crippen LogP contribution < -0.4 is 4.90 Å². The van der Waals surface area contributed by atoms with Crippen LogP contribution in [0.5, 0.6) is 0 Å². The first kappa shape index (κ1) is 20.2. The van der Waals surface area contributed by atoms with Gasteiger partial charge in [-0.3, -0.25) is 0 Å². The predicted octanol–water partition coefficient (Wildman–Crippen LogP) is 3.38. The Kier molecular flexibility index (Phi) is 5.29. The fourth-order valence-corrected chi connectivity index (χ4v) is 4.66. The van der Waals surface area contributed by atoms with Gasteiger partial charge in [0.25, 0.3) is 0 Å². The Bertz CT molecular complexity index is 1120. The molecule has 10 heteroatoms. The highest BCUT2D eigenvalue weighted by atomic mass is 35.5. The van der Waals surface area contributed by atoms with Crippen LogP contribution in [0.2, 0.25) is 10.0 Å². The van der Waals surface area contributed by atoms with E-state index in [4.69, 9.17) is 27.9 Å². The van der Waals surface area contributed by atoms with E-state index < -0.39 is 15.4 Å². The highest BCUT2D eigenvalue weighted by Gasteiger charge is 2.43. The molecule has 0 N–H and O–H groups in total. The molecule has 0 amide bonds. The summed E-state index contributed by atoms with van der Waals surface area (Å²) < 4.78 is 31.4. The summed E-state index contributed by atoms with van der Waals surface area (Å²) in [7, 11) is -3.25. The van der Waals surface area contributed by atoms with Crippen LogP contribution in [0.4, 0.5) is 5.69 Å². The maximum absolute atomic E-state index is 11.7. The van der Waals surface area contributed by atoms with Crippen molar-refractivity contribution in [2.75, 3.05) is 24.4 Å². The molecule has 29 heavy (non-hydrogen) atoms. The third kappa shape index (κ3) is 4.11. The molecule has 1 saturated heterocycles. The Labute approximate surface area is 178 Å². The van der Waals surface area contributed by atoms with Crippen LogP contribution in [0.3, 0.4) is 0 Å². The molecule has 7 nitrogen and oxygen atoms in total. The van der Waals surface area contributed by atoms with Gasteiger partial charge < -0.3 is 9.64 Å². The van der Waals surface area contributed by atoms with Gasteiger partial charge in [0.05, 0.1) is 18.0 Å². The monoisotopic (exact) mass is 452 g/mol. The maximum Gasteiger partial charge on any atom is 0.175 e. The quantitative estimate of drug-likeness (QED) is 0.590. The molecule has 4 rings (SSSR count). The molecule has 0 aliphatic carbocycles. The highest BCUT2D eigenvalue weighted by Crippen LogP contribution is 2.40. The Morgan fingerprint density at radius 2 is 1.93 bits per heavy atom. The van der Waals surface area contributed by atoms with Crippen molar-refractivity contribution in [2.45, 2.75) is 17.0 Å². The zero-order valence-electron chi connectivity index (χ0n) is 15.5. The van der Waals surface area contributed by atoms with E-state index in [0.29, 0.717) is 29.9 Å². The van der Waals surface area contributed by atoms with Gasteiger partial charge in [-0.05, 0) is 36.4 Å². The number of anilines is 1. The average molecular weight is 453 g/mol. The molecule has 0 saturated carbocycles. The van der Waals surface area contributed by atoms with Crippen molar-refractivity contribution < 1.29 is 13.2 Å². The van der Waals surface area contributed by atoms with Gasteiger partial charge in [-0.2, -0.15) is 5.10 Å². The minimum absolute atomic E-state index is 0.274. The van der Waals surface area contributed by atoms with Crippen molar-refractivity contribution in [3.05, 3.63) is 70.7 Å². The van der Waals surface area contributed by atoms with Crippen molar-refractivity contribution in [2.24, 2.45) is 0 Å². The second-order valence-corrected chi connectivity index (χ2v) is 9.81. The maximum atomic E-state index is 11.7. The number of sulfone groups is 1. The topological polar surface area (TPSA) is 77.3 Å². The van der Waals surface area contributed by atoms with E-state index in [9.17, 15) is 8.42 Å². The molecule has 1 fully saturated rings. The summed E-state index contributed by atoms with van der Waals surface area (Å²) in [5.74, 6) is 0. The van der Waals surface area contributed by atoms with E-state index in [1.54, 1.807) is 47.4 Å². The van der Waals surface area contributed by atoms with Crippen LogP contribution >= 0.6 is 23.2 Å². The zero-order valence-corrected chi connectivity index (χ0v) is 17.8. The van der Waals surface area contributed by atoms with E-state index in [2.05, 4.69) is 10.1 Å². The van der Waals surface area contributed by atoms with Crippen LogP contribution in [0.15, 0.2) is 60.0 Å². The van der Waals surface area contributed by atoms with E-state index in [1.165, 1.54) is 12.6 Å². The summed E-state index contributed by atoms with van der Waals surface area (Å²) in [6, 6.07) is 12.1. The highest BCUT2D eigenvalue weighted by molar-refractivity contribution is 7.90. The van der Waals surface area contributed by atoms with Gasteiger partial charge in [0.2, 0.25) is 0 Å². The Balaban J connectivity index is 1.68. The first-order chi connectivity index (χ1) is 13.8. The summed E-state index contributed by atoms with van der Waals surface area (Å²) in [5, 5.41) is 5.25. The van der Waals surface area contributed by atoms with Crippen LogP contribution in [-0.4, -0.2) is 42.7 Å². The molecule has 0 bridgehead atoms. The van der Waals surface area contributed by atoms with Crippen molar-refractivity contribution in [1.82, 2.24) is 14.8 Å². The Morgan fingerprint density at radius 3 is 2.55 bits per heavy atom. The molecule has 1 aromatic heterocycles. The molecular formula is C19H18Cl2N4O3S. The third-order valence-electron chi connectivity index (χ3n) is 4.88. The van der Waals surface area contributed by atoms with Crippen molar-refractivity contribution >= 4 is 38.7 Å². The fraction of sp³-hybridized carbons (Fsp3) is 0.263. The number of hydrogen-bond acceptors (Lipinski definition) is 6. The summed E-state index contributed by atoms with van der Waals surface area (Å²) >= 11 is 12.6.